The summed E-state index contributed by atoms with van der Waals surface area (Å²) in [7, 11) is 0. The quantitative estimate of drug-likeness (QED) is 0.298. The highest BCUT2D eigenvalue weighted by Gasteiger charge is 2.32. The number of nitrogens with one attached hydrogen (secondary N) is 1. The van der Waals surface area contributed by atoms with Gasteiger partial charge in [0.05, 0.1) is 0 Å². The van der Waals surface area contributed by atoms with E-state index in [9.17, 15) is 9.59 Å². The van der Waals surface area contributed by atoms with E-state index >= 15 is 0 Å². The Bertz CT molecular complexity index is 1210. The first-order valence-corrected chi connectivity index (χ1v) is 14.3. The number of hydrogen-bond acceptors (Lipinski definition) is 3. The second-order valence-corrected chi connectivity index (χ2v) is 11.1. The van der Waals surface area contributed by atoms with E-state index in [2.05, 4.69) is 21.2 Å². The van der Waals surface area contributed by atoms with Crippen LogP contribution >= 0.6 is 15.9 Å². The molecule has 4 rings (SSSR count). The van der Waals surface area contributed by atoms with E-state index < -0.39 is 6.04 Å². The molecule has 1 aliphatic rings. The molecule has 3 aromatic carbocycles. The van der Waals surface area contributed by atoms with Crippen molar-refractivity contribution in [3.05, 3.63) is 99.5 Å². The number of benzene rings is 3. The Hall–Kier alpha value is -3.12. The summed E-state index contributed by atoms with van der Waals surface area (Å²) in [6, 6.07) is 23.1. The number of hydrogen-bond donors (Lipinski definition) is 1. The zero-order valence-electron chi connectivity index (χ0n) is 22.3. The van der Waals surface area contributed by atoms with Gasteiger partial charge in [-0.25, -0.2) is 0 Å². The monoisotopic (exact) mass is 576 g/mol. The van der Waals surface area contributed by atoms with Crippen molar-refractivity contribution in [3.63, 3.8) is 0 Å². The van der Waals surface area contributed by atoms with Crippen LogP contribution in [0.15, 0.2) is 77.3 Å². The Morgan fingerprint density at radius 2 is 1.63 bits per heavy atom. The highest BCUT2D eigenvalue weighted by Crippen LogP contribution is 2.23. The molecule has 1 fully saturated rings. The van der Waals surface area contributed by atoms with Crippen LogP contribution in [0.25, 0.3) is 0 Å². The highest BCUT2D eigenvalue weighted by molar-refractivity contribution is 9.10. The lowest BCUT2D eigenvalue weighted by molar-refractivity contribution is -0.143. The van der Waals surface area contributed by atoms with Gasteiger partial charge in [0.2, 0.25) is 5.91 Å². The topological polar surface area (TPSA) is 58.6 Å². The maximum Gasteiger partial charge on any atom is 0.261 e. The zero-order valence-corrected chi connectivity index (χ0v) is 23.9. The molecule has 1 saturated carbocycles. The lowest BCUT2D eigenvalue weighted by atomic mass is 9.94. The van der Waals surface area contributed by atoms with Gasteiger partial charge in [-0.05, 0) is 67.1 Å². The van der Waals surface area contributed by atoms with E-state index in [1.807, 2.05) is 86.6 Å². The van der Waals surface area contributed by atoms with Gasteiger partial charge in [0, 0.05) is 23.5 Å². The summed E-state index contributed by atoms with van der Waals surface area (Å²) < 4.78 is 6.98. The summed E-state index contributed by atoms with van der Waals surface area (Å²) in [6.07, 6.45) is 5.87. The van der Waals surface area contributed by atoms with Crippen molar-refractivity contribution in [1.29, 1.82) is 0 Å². The van der Waals surface area contributed by atoms with Crippen molar-refractivity contribution in [3.8, 4) is 5.75 Å². The fourth-order valence-electron chi connectivity index (χ4n) is 4.99. The highest BCUT2D eigenvalue weighted by atomic mass is 79.9. The first-order chi connectivity index (χ1) is 18.4. The molecular formula is C32H37BrN2O3. The maximum atomic E-state index is 13.8. The fourth-order valence-corrected chi connectivity index (χ4v) is 5.25. The normalized spacial score (nSPS) is 14.5. The van der Waals surface area contributed by atoms with Crippen LogP contribution in [0, 0.1) is 13.8 Å². The predicted octanol–water partition coefficient (Wildman–Crippen LogP) is 6.53. The fraction of sp³-hybridized carbons (Fsp3) is 0.375. The Morgan fingerprint density at radius 1 is 0.921 bits per heavy atom. The van der Waals surface area contributed by atoms with Gasteiger partial charge in [-0.1, -0.05) is 89.8 Å². The van der Waals surface area contributed by atoms with Crippen molar-refractivity contribution >= 4 is 27.7 Å². The molecule has 1 aliphatic carbocycles. The third kappa shape index (κ3) is 7.70. The number of ether oxygens (including phenoxy) is 1. The first-order valence-electron chi connectivity index (χ1n) is 13.5. The van der Waals surface area contributed by atoms with Crippen LogP contribution in [0.2, 0.25) is 0 Å². The minimum atomic E-state index is -0.655. The van der Waals surface area contributed by atoms with Crippen LogP contribution in [0.5, 0.6) is 5.75 Å². The molecule has 0 aromatic heterocycles. The van der Waals surface area contributed by atoms with Crippen LogP contribution in [-0.4, -0.2) is 35.4 Å². The molecule has 3 aromatic rings. The van der Waals surface area contributed by atoms with E-state index in [0.29, 0.717) is 18.7 Å². The van der Waals surface area contributed by atoms with Crippen LogP contribution in [0.3, 0.4) is 0 Å². The third-order valence-electron chi connectivity index (χ3n) is 7.39. The van der Waals surface area contributed by atoms with E-state index in [1.165, 1.54) is 6.42 Å². The second kappa shape index (κ2) is 13.6. The molecule has 1 N–H and O–H groups in total. The molecule has 5 nitrogen and oxygen atoms in total. The summed E-state index contributed by atoms with van der Waals surface area (Å²) in [5.74, 6) is 0.375. The van der Waals surface area contributed by atoms with Crippen LogP contribution in [0.1, 0.15) is 54.4 Å². The first kappa shape index (κ1) is 27.9. The minimum Gasteiger partial charge on any atom is -0.483 e. The molecule has 0 saturated heterocycles. The van der Waals surface area contributed by atoms with Gasteiger partial charge in [0.15, 0.2) is 6.61 Å². The van der Waals surface area contributed by atoms with Gasteiger partial charge in [-0.2, -0.15) is 0 Å². The second-order valence-electron chi connectivity index (χ2n) is 10.2. The molecule has 0 radical (unpaired) electrons. The summed E-state index contributed by atoms with van der Waals surface area (Å²) in [5.41, 5.74) is 4.09. The smallest absolute Gasteiger partial charge is 0.261 e. The maximum absolute atomic E-state index is 13.8. The van der Waals surface area contributed by atoms with Gasteiger partial charge >= 0.3 is 0 Å². The van der Waals surface area contributed by atoms with Crippen molar-refractivity contribution in [2.24, 2.45) is 0 Å². The van der Waals surface area contributed by atoms with Gasteiger partial charge in [0.1, 0.15) is 11.8 Å². The zero-order chi connectivity index (χ0) is 26.9. The van der Waals surface area contributed by atoms with E-state index in [-0.39, 0.29) is 24.5 Å². The van der Waals surface area contributed by atoms with Crippen molar-refractivity contribution < 1.29 is 14.3 Å². The number of carbonyl (C=O) groups is 2. The lowest BCUT2D eigenvalue weighted by Crippen LogP contribution is -2.53. The van der Waals surface area contributed by atoms with Crippen molar-refractivity contribution in [1.82, 2.24) is 10.2 Å². The molecule has 6 heteroatoms. The SMILES string of the molecule is Cc1cccc(OCC(=O)N(Cc2ccc(Br)cc2)C(Cc2ccccc2)C(=O)NC2CCCCC2)c1C. The molecule has 1 unspecified atom stereocenters. The van der Waals surface area contributed by atoms with Crippen LogP contribution in [-0.2, 0) is 22.6 Å². The largest absolute Gasteiger partial charge is 0.483 e. The molecule has 1 atom stereocenters. The number of aryl methyl sites for hydroxylation is 1. The third-order valence-corrected chi connectivity index (χ3v) is 7.92. The molecule has 38 heavy (non-hydrogen) atoms. The summed E-state index contributed by atoms with van der Waals surface area (Å²) >= 11 is 3.49. The number of nitrogens with zero attached hydrogens (tertiary/aromatic N) is 1. The summed E-state index contributed by atoms with van der Waals surface area (Å²) in [4.78, 5) is 29.3. The Kier molecular flexibility index (Phi) is 9.99. The van der Waals surface area contributed by atoms with E-state index in [4.69, 9.17) is 4.74 Å². The number of rotatable bonds is 10. The number of halogens is 1. The van der Waals surface area contributed by atoms with Gasteiger partial charge in [-0.15, -0.1) is 0 Å². The lowest BCUT2D eigenvalue weighted by Gasteiger charge is -2.33. The molecular weight excluding hydrogens is 540 g/mol. The molecule has 0 bridgehead atoms. The van der Waals surface area contributed by atoms with Gasteiger partial charge in [-0.3, -0.25) is 9.59 Å². The van der Waals surface area contributed by atoms with E-state index in [1.54, 1.807) is 4.90 Å². The molecule has 2 amide bonds. The van der Waals surface area contributed by atoms with Crippen molar-refractivity contribution in [2.75, 3.05) is 6.61 Å². The molecule has 0 heterocycles. The summed E-state index contributed by atoms with van der Waals surface area (Å²) in [6.45, 7) is 4.20. The average molecular weight is 578 g/mol. The molecule has 0 aliphatic heterocycles. The number of amides is 2. The summed E-state index contributed by atoms with van der Waals surface area (Å²) in [5, 5.41) is 3.28. The van der Waals surface area contributed by atoms with Gasteiger partial charge < -0.3 is 15.0 Å². The van der Waals surface area contributed by atoms with Crippen molar-refractivity contribution in [2.45, 2.75) is 71.0 Å². The molecule has 200 valence electrons. The standard InChI is InChI=1S/C32H37BrN2O3/c1-23-10-9-15-30(24(23)2)38-22-31(36)35(21-26-16-18-27(33)19-17-26)29(20-25-11-5-3-6-12-25)32(37)34-28-13-7-4-8-14-28/h3,5-6,9-12,15-19,28-29H,4,7-8,13-14,20-22H2,1-2H3,(H,34,37). The Labute approximate surface area is 234 Å². The van der Waals surface area contributed by atoms with Crippen LogP contribution < -0.4 is 10.1 Å². The Balaban J connectivity index is 1.62. The minimum absolute atomic E-state index is 0.0991. The van der Waals surface area contributed by atoms with E-state index in [0.717, 1.165) is 52.4 Å². The van der Waals surface area contributed by atoms with Gasteiger partial charge in [0.25, 0.3) is 5.91 Å². The number of carbonyl (C=O) groups excluding carboxylic acids is 2. The van der Waals surface area contributed by atoms with Crippen LogP contribution in [0.4, 0.5) is 0 Å². The Morgan fingerprint density at radius 3 is 2.34 bits per heavy atom. The molecule has 0 spiro atoms. The predicted molar refractivity (Wildman–Crippen MR) is 155 cm³/mol. The average Bonchev–Trinajstić information content (AvgIpc) is 2.93.